The molecule has 0 bridgehead atoms. The molecular weight excluding hydrogens is 250 g/mol. The van der Waals surface area contributed by atoms with Crippen LogP contribution in [0.3, 0.4) is 0 Å². The van der Waals surface area contributed by atoms with Crippen LogP contribution < -0.4 is 10.6 Å². The largest absolute Gasteiger partial charge is 0.468 e. The Hall–Kier alpha value is -2.15. The molecule has 104 valence electrons. The second kappa shape index (κ2) is 7.32. The van der Waals surface area contributed by atoms with E-state index in [9.17, 15) is 14.9 Å². The fourth-order valence-corrected chi connectivity index (χ4v) is 1.56. The fraction of sp³-hybridized carbons (Fsp3) is 0.417. The zero-order chi connectivity index (χ0) is 14.3. The maximum absolute atomic E-state index is 10.9. The highest BCUT2D eigenvalue weighted by molar-refractivity contribution is 5.71. The summed E-state index contributed by atoms with van der Waals surface area (Å²) in [7, 11) is 1.31. The molecule has 0 aliphatic heterocycles. The first kappa shape index (κ1) is 14.9. The molecular formula is C12H17N3O4. The van der Waals surface area contributed by atoms with Gasteiger partial charge in [-0.1, -0.05) is 6.07 Å². The molecule has 7 nitrogen and oxygen atoms in total. The number of nitrogens with one attached hydrogen (secondary N) is 2. The number of anilines is 1. The Balaban J connectivity index is 2.72. The molecule has 0 aliphatic carbocycles. The van der Waals surface area contributed by atoms with E-state index in [-0.39, 0.29) is 18.2 Å². The molecule has 1 aromatic rings. The molecule has 0 saturated heterocycles. The molecule has 0 spiro atoms. The van der Waals surface area contributed by atoms with E-state index >= 15 is 0 Å². The van der Waals surface area contributed by atoms with Gasteiger partial charge in [-0.3, -0.25) is 14.9 Å². The van der Waals surface area contributed by atoms with Crippen molar-refractivity contribution >= 4 is 17.3 Å². The predicted octanol–water partition coefficient (Wildman–Crippen LogP) is 1.29. The highest BCUT2D eigenvalue weighted by Gasteiger charge is 2.13. The van der Waals surface area contributed by atoms with Crippen molar-refractivity contribution in [3.8, 4) is 0 Å². The van der Waals surface area contributed by atoms with Crippen molar-refractivity contribution in [1.29, 1.82) is 0 Å². The lowest BCUT2D eigenvalue weighted by molar-refractivity contribution is -0.384. The Morgan fingerprint density at radius 3 is 2.79 bits per heavy atom. The van der Waals surface area contributed by atoms with Gasteiger partial charge in [-0.15, -0.1) is 0 Å². The SMILES string of the molecule is CCNc1ccc(CNCC(=O)OC)cc1[N+](=O)[O-]. The number of nitro groups is 1. The van der Waals surface area contributed by atoms with Crippen LogP contribution in [0.1, 0.15) is 12.5 Å². The van der Waals surface area contributed by atoms with Crippen molar-refractivity contribution < 1.29 is 14.5 Å². The summed E-state index contributed by atoms with van der Waals surface area (Å²) in [6.07, 6.45) is 0. The Kier molecular flexibility index (Phi) is 5.74. The van der Waals surface area contributed by atoms with E-state index in [2.05, 4.69) is 15.4 Å². The molecule has 0 fully saturated rings. The summed E-state index contributed by atoms with van der Waals surface area (Å²) < 4.78 is 4.48. The average Bonchev–Trinajstić information content (AvgIpc) is 2.40. The molecule has 0 saturated carbocycles. The number of esters is 1. The number of rotatable bonds is 7. The number of ether oxygens (including phenoxy) is 1. The Labute approximate surface area is 111 Å². The summed E-state index contributed by atoms with van der Waals surface area (Å²) in [5.74, 6) is -0.376. The maximum Gasteiger partial charge on any atom is 0.319 e. The van der Waals surface area contributed by atoms with Gasteiger partial charge >= 0.3 is 5.97 Å². The lowest BCUT2D eigenvalue weighted by atomic mass is 10.1. The first-order valence-corrected chi connectivity index (χ1v) is 5.87. The van der Waals surface area contributed by atoms with E-state index in [0.717, 1.165) is 5.56 Å². The molecule has 0 aromatic heterocycles. The smallest absolute Gasteiger partial charge is 0.319 e. The van der Waals surface area contributed by atoms with E-state index in [0.29, 0.717) is 18.8 Å². The molecule has 0 aliphatic rings. The minimum Gasteiger partial charge on any atom is -0.468 e. The van der Waals surface area contributed by atoms with Gasteiger partial charge in [0.2, 0.25) is 0 Å². The van der Waals surface area contributed by atoms with Crippen LogP contribution in [0.2, 0.25) is 0 Å². The number of methoxy groups -OCH3 is 1. The van der Waals surface area contributed by atoms with Gasteiger partial charge in [-0.2, -0.15) is 0 Å². The van der Waals surface area contributed by atoms with Gasteiger partial charge in [-0.05, 0) is 18.6 Å². The van der Waals surface area contributed by atoms with Gasteiger partial charge in [0.15, 0.2) is 0 Å². The van der Waals surface area contributed by atoms with Crippen LogP contribution in [0.15, 0.2) is 18.2 Å². The summed E-state index contributed by atoms with van der Waals surface area (Å²) >= 11 is 0. The molecule has 2 N–H and O–H groups in total. The second-order valence-electron chi connectivity index (χ2n) is 3.82. The topological polar surface area (TPSA) is 93.5 Å². The van der Waals surface area contributed by atoms with Gasteiger partial charge in [0.25, 0.3) is 5.69 Å². The number of hydrogen-bond acceptors (Lipinski definition) is 6. The maximum atomic E-state index is 10.9. The number of carbonyl (C=O) groups is 1. The standard InChI is InChI=1S/C12H17N3O4/c1-3-14-10-5-4-9(6-11(10)15(17)18)7-13-8-12(16)19-2/h4-6,13-14H,3,7-8H2,1-2H3. The van der Waals surface area contributed by atoms with Crippen molar-refractivity contribution in [3.05, 3.63) is 33.9 Å². The van der Waals surface area contributed by atoms with Crippen molar-refractivity contribution in [3.63, 3.8) is 0 Å². The van der Waals surface area contributed by atoms with Crippen molar-refractivity contribution in [2.75, 3.05) is 25.5 Å². The Bertz CT molecular complexity index is 462. The average molecular weight is 267 g/mol. The Morgan fingerprint density at radius 2 is 2.21 bits per heavy atom. The van der Waals surface area contributed by atoms with Crippen molar-refractivity contribution in [1.82, 2.24) is 5.32 Å². The molecule has 7 heteroatoms. The normalized spacial score (nSPS) is 10.0. The third-order valence-electron chi connectivity index (χ3n) is 2.45. The number of nitrogens with zero attached hydrogens (tertiary/aromatic N) is 1. The van der Waals surface area contributed by atoms with E-state index < -0.39 is 4.92 Å². The molecule has 0 atom stereocenters. The molecule has 1 aromatic carbocycles. The van der Waals surface area contributed by atoms with E-state index in [1.165, 1.54) is 13.2 Å². The van der Waals surface area contributed by atoms with E-state index in [4.69, 9.17) is 0 Å². The van der Waals surface area contributed by atoms with Gasteiger partial charge in [0.05, 0.1) is 18.6 Å². The summed E-state index contributed by atoms with van der Waals surface area (Å²) in [5, 5.41) is 16.7. The van der Waals surface area contributed by atoms with Gasteiger partial charge in [-0.25, -0.2) is 0 Å². The number of benzene rings is 1. The van der Waals surface area contributed by atoms with E-state index in [1.54, 1.807) is 12.1 Å². The monoisotopic (exact) mass is 267 g/mol. The van der Waals surface area contributed by atoms with E-state index in [1.807, 2.05) is 6.92 Å². The van der Waals surface area contributed by atoms with Crippen molar-refractivity contribution in [2.45, 2.75) is 13.5 Å². The lowest BCUT2D eigenvalue weighted by Gasteiger charge is -2.07. The molecule has 0 amide bonds. The third kappa shape index (κ3) is 4.55. The predicted molar refractivity (Wildman–Crippen MR) is 71.0 cm³/mol. The van der Waals surface area contributed by atoms with Gasteiger partial charge in [0, 0.05) is 19.2 Å². The summed E-state index contributed by atoms with van der Waals surface area (Å²) in [6, 6.07) is 4.92. The highest BCUT2D eigenvalue weighted by Crippen LogP contribution is 2.25. The second-order valence-corrected chi connectivity index (χ2v) is 3.82. The highest BCUT2D eigenvalue weighted by atomic mass is 16.6. The quantitative estimate of drug-likeness (QED) is 0.439. The van der Waals surface area contributed by atoms with Crippen LogP contribution in [0, 0.1) is 10.1 Å². The summed E-state index contributed by atoms with van der Waals surface area (Å²) in [4.78, 5) is 21.4. The van der Waals surface area contributed by atoms with Crippen LogP contribution in [0.4, 0.5) is 11.4 Å². The number of carbonyl (C=O) groups excluding carboxylic acids is 1. The van der Waals surface area contributed by atoms with Gasteiger partial charge in [0.1, 0.15) is 5.69 Å². The number of hydrogen-bond donors (Lipinski definition) is 2. The lowest BCUT2D eigenvalue weighted by Crippen LogP contribution is -2.23. The molecule has 19 heavy (non-hydrogen) atoms. The van der Waals surface area contributed by atoms with Crippen molar-refractivity contribution in [2.24, 2.45) is 0 Å². The minimum absolute atomic E-state index is 0.0271. The fourth-order valence-electron chi connectivity index (χ4n) is 1.56. The first-order chi connectivity index (χ1) is 9.08. The van der Waals surface area contributed by atoms with Crippen LogP contribution in [-0.2, 0) is 16.1 Å². The zero-order valence-electron chi connectivity index (χ0n) is 10.9. The van der Waals surface area contributed by atoms with Crippen LogP contribution >= 0.6 is 0 Å². The van der Waals surface area contributed by atoms with Crippen LogP contribution in [0.25, 0.3) is 0 Å². The minimum atomic E-state index is -0.429. The first-order valence-electron chi connectivity index (χ1n) is 5.87. The molecule has 0 radical (unpaired) electrons. The summed E-state index contributed by atoms with van der Waals surface area (Å²) in [5.41, 5.74) is 1.25. The third-order valence-corrected chi connectivity index (χ3v) is 2.45. The van der Waals surface area contributed by atoms with Crippen LogP contribution in [-0.4, -0.2) is 31.1 Å². The molecule has 1 rings (SSSR count). The van der Waals surface area contributed by atoms with Crippen LogP contribution in [0.5, 0.6) is 0 Å². The number of nitro benzene ring substituents is 1. The molecule has 0 unspecified atom stereocenters. The zero-order valence-corrected chi connectivity index (χ0v) is 10.9. The summed E-state index contributed by atoms with van der Waals surface area (Å²) in [6.45, 7) is 2.91. The molecule has 0 heterocycles. The Morgan fingerprint density at radius 1 is 1.47 bits per heavy atom. The van der Waals surface area contributed by atoms with Gasteiger partial charge < -0.3 is 15.4 Å².